The molecule has 0 fully saturated rings. The molecule has 0 aliphatic heterocycles. The normalized spacial score (nSPS) is 11.3. The van der Waals surface area contributed by atoms with Gasteiger partial charge in [0.15, 0.2) is 17.1 Å². The average Bonchev–Trinajstić information content (AvgIpc) is 3.15. The second-order valence-electron chi connectivity index (χ2n) is 7.08. The summed E-state index contributed by atoms with van der Waals surface area (Å²) < 4.78 is 7.40. The second kappa shape index (κ2) is 8.36. The Morgan fingerprint density at radius 1 is 1.26 bits per heavy atom. The molecule has 2 heterocycles. The number of nitrogens with zero attached hydrogens (tertiary/aromatic N) is 4. The fraction of sp³-hybridized carbons (Fsp3) is 0.208. The maximum absolute atomic E-state index is 9.89. The van der Waals surface area contributed by atoms with Gasteiger partial charge in [-0.25, -0.2) is 4.98 Å². The largest absolute Gasteiger partial charge is 0.504 e. The number of pyridine rings is 1. The van der Waals surface area contributed by atoms with E-state index in [-0.39, 0.29) is 5.75 Å². The molecule has 0 aliphatic carbocycles. The lowest BCUT2D eigenvalue weighted by molar-refractivity contribution is 0.318. The van der Waals surface area contributed by atoms with Crippen LogP contribution in [0.25, 0.3) is 16.7 Å². The van der Waals surface area contributed by atoms with Crippen molar-refractivity contribution in [3.8, 4) is 17.6 Å². The Morgan fingerprint density at radius 2 is 2.06 bits per heavy atom. The summed E-state index contributed by atoms with van der Waals surface area (Å²) in [7, 11) is 0. The number of phenolic OH excluding ortho intramolecular Hbond substituents is 1. The molecule has 0 unspecified atom stereocenters. The van der Waals surface area contributed by atoms with Crippen LogP contribution in [0.1, 0.15) is 36.1 Å². The fourth-order valence-electron chi connectivity index (χ4n) is 3.79. The first kappa shape index (κ1) is 20.2. The molecule has 0 amide bonds. The van der Waals surface area contributed by atoms with Gasteiger partial charge >= 0.3 is 0 Å². The quantitative estimate of drug-likeness (QED) is 0.350. The van der Waals surface area contributed by atoms with Gasteiger partial charge in [0.2, 0.25) is 0 Å². The maximum Gasteiger partial charge on any atom is 0.161 e. The lowest BCUT2D eigenvalue weighted by Crippen LogP contribution is -2.07. The van der Waals surface area contributed by atoms with Crippen LogP contribution < -0.4 is 10.2 Å². The summed E-state index contributed by atoms with van der Waals surface area (Å²) in [4.78, 5) is 4.70. The molecule has 156 valence electrons. The number of phenols is 1. The predicted molar refractivity (Wildman–Crippen MR) is 122 cm³/mol. The van der Waals surface area contributed by atoms with E-state index in [0.29, 0.717) is 23.6 Å². The topological polar surface area (TPSA) is 94.9 Å². The lowest BCUT2D eigenvalue weighted by Gasteiger charge is -2.15. The summed E-state index contributed by atoms with van der Waals surface area (Å²) in [5.41, 5.74) is 8.76. The molecule has 0 saturated carbocycles. The van der Waals surface area contributed by atoms with E-state index < -0.39 is 0 Å². The third-order valence-electron chi connectivity index (χ3n) is 5.25. The van der Waals surface area contributed by atoms with Crippen molar-refractivity contribution in [3.05, 3.63) is 64.7 Å². The molecule has 4 rings (SSSR count). The molecule has 0 spiro atoms. The molecule has 2 aromatic heterocycles. The zero-order valence-electron chi connectivity index (χ0n) is 17.7. The zero-order chi connectivity index (χ0) is 22.0. The number of hydrazone groups is 1. The molecule has 4 aromatic rings. The highest BCUT2D eigenvalue weighted by Gasteiger charge is 2.19. The van der Waals surface area contributed by atoms with E-state index in [1.807, 2.05) is 42.5 Å². The third-order valence-corrected chi connectivity index (χ3v) is 5.25. The number of nitrogens with one attached hydrogen (secondary N) is 1. The number of hydrogen-bond acceptors (Lipinski definition) is 6. The highest BCUT2D eigenvalue weighted by atomic mass is 16.5. The fourth-order valence-corrected chi connectivity index (χ4v) is 3.79. The molecule has 0 aliphatic rings. The van der Waals surface area contributed by atoms with Gasteiger partial charge < -0.3 is 9.84 Å². The Bertz CT molecular complexity index is 1350. The molecule has 2 aromatic carbocycles. The van der Waals surface area contributed by atoms with Crippen LogP contribution in [-0.2, 0) is 6.42 Å². The Morgan fingerprint density at radius 3 is 2.81 bits per heavy atom. The van der Waals surface area contributed by atoms with E-state index in [9.17, 15) is 10.4 Å². The number of imidazole rings is 1. The van der Waals surface area contributed by atoms with E-state index in [1.54, 1.807) is 24.4 Å². The molecule has 2 N–H and O–H groups in total. The van der Waals surface area contributed by atoms with Gasteiger partial charge in [-0.3, -0.25) is 9.83 Å². The van der Waals surface area contributed by atoms with Crippen LogP contribution in [0.5, 0.6) is 11.5 Å². The Balaban J connectivity index is 1.83. The monoisotopic (exact) mass is 413 g/mol. The second-order valence-corrected chi connectivity index (χ2v) is 7.08. The summed E-state index contributed by atoms with van der Waals surface area (Å²) in [5.74, 6) is 1.29. The van der Waals surface area contributed by atoms with Gasteiger partial charge in [-0.1, -0.05) is 19.1 Å². The van der Waals surface area contributed by atoms with Crippen LogP contribution in [0.15, 0.2) is 47.6 Å². The summed E-state index contributed by atoms with van der Waals surface area (Å²) in [6.45, 7) is 6.32. The van der Waals surface area contributed by atoms with Crippen molar-refractivity contribution in [2.75, 3.05) is 12.0 Å². The van der Waals surface area contributed by atoms with Gasteiger partial charge in [-0.2, -0.15) is 10.4 Å². The molecular weight excluding hydrogens is 390 g/mol. The number of aromatic nitrogens is 2. The van der Waals surface area contributed by atoms with Gasteiger partial charge in [0.05, 0.1) is 29.4 Å². The highest BCUT2D eigenvalue weighted by molar-refractivity contribution is 5.87. The zero-order valence-corrected chi connectivity index (χ0v) is 17.7. The highest BCUT2D eigenvalue weighted by Crippen LogP contribution is 2.31. The number of fused-ring (bicyclic) bond motifs is 3. The third kappa shape index (κ3) is 3.53. The molecule has 0 radical (unpaired) electrons. The lowest BCUT2D eigenvalue weighted by atomic mass is 10.0. The van der Waals surface area contributed by atoms with Crippen molar-refractivity contribution in [2.24, 2.45) is 5.10 Å². The minimum atomic E-state index is 0.0922. The number of ether oxygens (including phenoxy) is 1. The number of nitriles is 1. The molecule has 0 bridgehead atoms. The van der Waals surface area contributed by atoms with Crippen molar-refractivity contribution in [1.29, 1.82) is 5.26 Å². The van der Waals surface area contributed by atoms with Crippen molar-refractivity contribution in [1.82, 2.24) is 9.38 Å². The summed E-state index contributed by atoms with van der Waals surface area (Å²) >= 11 is 0. The minimum Gasteiger partial charge on any atom is -0.504 e. The molecule has 0 saturated heterocycles. The van der Waals surface area contributed by atoms with Crippen LogP contribution in [-0.4, -0.2) is 27.3 Å². The van der Waals surface area contributed by atoms with Crippen molar-refractivity contribution < 1.29 is 9.84 Å². The standard InChI is InChI=1S/C24H23N5O2/c1-4-17-15(3)18(13-25)23-27-19-8-6-7-9-20(19)29(23)24(17)28-26-14-16-10-11-21(30)22(12-16)31-5-2/h6-12,14,28,30H,4-5H2,1-3H3/b26-14+. The Kier molecular flexibility index (Phi) is 5.46. The van der Waals surface area contributed by atoms with Gasteiger partial charge in [-0.05, 0) is 67.3 Å². The SMILES string of the molecule is CCOc1cc(/C=N/Nc2c(CC)c(C)c(C#N)c3nc4ccccc4n23)ccc1O. The summed E-state index contributed by atoms with van der Waals surface area (Å²) in [6, 6.07) is 15.2. The van der Waals surface area contributed by atoms with Crippen LogP contribution >= 0.6 is 0 Å². The van der Waals surface area contributed by atoms with Gasteiger partial charge in [0, 0.05) is 0 Å². The first-order valence-electron chi connectivity index (χ1n) is 10.2. The van der Waals surface area contributed by atoms with Crippen molar-refractivity contribution in [2.45, 2.75) is 27.2 Å². The molecule has 31 heavy (non-hydrogen) atoms. The molecule has 0 atom stereocenters. The first-order chi connectivity index (χ1) is 15.1. The molecular formula is C24H23N5O2. The Labute approximate surface area is 180 Å². The van der Waals surface area contributed by atoms with Crippen LogP contribution in [0.3, 0.4) is 0 Å². The van der Waals surface area contributed by atoms with E-state index in [2.05, 4.69) is 23.5 Å². The van der Waals surface area contributed by atoms with Gasteiger partial charge in [0.25, 0.3) is 0 Å². The van der Waals surface area contributed by atoms with Crippen LogP contribution in [0, 0.1) is 18.3 Å². The van der Waals surface area contributed by atoms with Crippen molar-refractivity contribution >= 4 is 28.7 Å². The van der Waals surface area contributed by atoms with Crippen molar-refractivity contribution in [3.63, 3.8) is 0 Å². The van der Waals surface area contributed by atoms with E-state index >= 15 is 0 Å². The smallest absolute Gasteiger partial charge is 0.161 e. The maximum atomic E-state index is 9.89. The number of hydrogen-bond donors (Lipinski definition) is 2. The number of rotatable bonds is 6. The van der Waals surface area contributed by atoms with E-state index in [0.717, 1.165) is 40.0 Å². The first-order valence-corrected chi connectivity index (χ1v) is 10.2. The number of aromatic hydroxyl groups is 1. The number of para-hydroxylation sites is 2. The minimum absolute atomic E-state index is 0.0922. The summed E-state index contributed by atoms with van der Waals surface area (Å²) in [5, 5.41) is 24.1. The summed E-state index contributed by atoms with van der Waals surface area (Å²) in [6.07, 6.45) is 2.40. The molecule has 7 heteroatoms. The number of benzene rings is 2. The van der Waals surface area contributed by atoms with Gasteiger partial charge in [-0.15, -0.1) is 0 Å². The average molecular weight is 413 g/mol. The molecule has 7 nitrogen and oxygen atoms in total. The van der Waals surface area contributed by atoms with Gasteiger partial charge in [0.1, 0.15) is 11.9 Å². The predicted octanol–water partition coefficient (Wildman–Crippen LogP) is 4.78. The van der Waals surface area contributed by atoms with Crippen LogP contribution in [0.4, 0.5) is 5.82 Å². The van der Waals surface area contributed by atoms with E-state index in [1.165, 1.54) is 0 Å². The van der Waals surface area contributed by atoms with Crippen LogP contribution in [0.2, 0.25) is 0 Å². The number of anilines is 1. The Hall–Kier alpha value is -4.05. The van der Waals surface area contributed by atoms with E-state index in [4.69, 9.17) is 9.72 Å².